The Morgan fingerprint density at radius 3 is 1.14 bits per heavy atom. The first kappa shape index (κ1) is 27.6. The van der Waals surface area contributed by atoms with Crippen molar-refractivity contribution < 1.29 is 8.78 Å². The Morgan fingerprint density at radius 1 is 0.679 bits per heavy atom. The summed E-state index contributed by atoms with van der Waals surface area (Å²) in [6.45, 7) is 9.71. The van der Waals surface area contributed by atoms with Crippen LogP contribution in [0.15, 0.2) is 60.7 Å². The maximum Gasteiger partial charge on any atom is 0.242 e. The van der Waals surface area contributed by atoms with Gasteiger partial charge in [-0.15, -0.1) is 12.8 Å². The fourth-order valence-electron chi connectivity index (χ4n) is 2.20. The Balaban J connectivity index is 0. The van der Waals surface area contributed by atoms with E-state index in [0.29, 0.717) is 12.8 Å². The highest BCUT2D eigenvalue weighted by atomic mass is 19.3. The lowest BCUT2D eigenvalue weighted by atomic mass is 9.78. The third kappa shape index (κ3) is 13.6. The first-order valence-corrected chi connectivity index (χ1v) is 9.69. The standard InChI is InChI=1S/C19H16.C3H6F2.2C2H6/c1-3-19(4-2,15-17-11-7-5-8-12-17)16-18-13-9-6-10-14-18;1-3(2,4)5;2*1-2/h1-2,5-14H,15-16H2;1-2H3;2*1-2H3. The van der Waals surface area contributed by atoms with Gasteiger partial charge in [0.15, 0.2) is 0 Å². The van der Waals surface area contributed by atoms with Crippen molar-refractivity contribution in [1.29, 1.82) is 0 Å². The first-order valence-electron chi connectivity index (χ1n) is 9.69. The second kappa shape index (κ2) is 15.5. The van der Waals surface area contributed by atoms with Crippen molar-refractivity contribution in [3.05, 3.63) is 71.8 Å². The fraction of sp³-hybridized carbons (Fsp3) is 0.385. The van der Waals surface area contributed by atoms with E-state index in [1.807, 2.05) is 64.1 Å². The van der Waals surface area contributed by atoms with Crippen molar-refractivity contribution >= 4 is 0 Å². The van der Waals surface area contributed by atoms with Crippen molar-refractivity contribution in [2.24, 2.45) is 5.41 Å². The van der Waals surface area contributed by atoms with Gasteiger partial charge >= 0.3 is 0 Å². The number of terminal acetylenes is 2. The smallest absolute Gasteiger partial charge is 0.208 e. The van der Waals surface area contributed by atoms with Gasteiger partial charge in [-0.3, -0.25) is 0 Å². The summed E-state index contributed by atoms with van der Waals surface area (Å²) in [5.74, 6) is 3.15. The average molecular weight is 385 g/mol. The molecule has 0 nitrogen and oxygen atoms in total. The molecule has 0 aliphatic heterocycles. The molecule has 152 valence electrons. The van der Waals surface area contributed by atoms with Gasteiger partial charge in [-0.1, -0.05) is 100 Å². The van der Waals surface area contributed by atoms with E-state index in [1.54, 1.807) is 0 Å². The van der Waals surface area contributed by atoms with Gasteiger partial charge in [-0.25, -0.2) is 8.78 Å². The van der Waals surface area contributed by atoms with Crippen LogP contribution in [0.5, 0.6) is 0 Å². The summed E-state index contributed by atoms with van der Waals surface area (Å²) >= 11 is 0. The molecular formula is C26H34F2. The van der Waals surface area contributed by atoms with Crippen LogP contribution < -0.4 is 0 Å². The van der Waals surface area contributed by atoms with E-state index < -0.39 is 11.3 Å². The molecule has 0 saturated heterocycles. The van der Waals surface area contributed by atoms with E-state index in [2.05, 4.69) is 36.1 Å². The minimum Gasteiger partial charge on any atom is -0.208 e. The quantitative estimate of drug-likeness (QED) is 0.481. The van der Waals surface area contributed by atoms with Crippen LogP contribution in [0.3, 0.4) is 0 Å². The molecule has 0 radical (unpaired) electrons. The van der Waals surface area contributed by atoms with Crippen LogP contribution in [-0.4, -0.2) is 5.92 Å². The lowest BCUT2D eigenvalue weighted by Crippen LogP contribution is -2.22. The maximum atomic E-state index is 11.0. The van der Waals surface area contributed by atoms with Crippen molar-refractivity contribution in [2.45, 2.75) is 60.3 Å². The van der Waals surface area contributed by atoms with Crippen LogP contribution in [0, 0.1) is 30.1 Å². The Kier molecular flexibility index (Phi) is 15.3. The number of hydrogen-bond donors (Lipinski definition) is 0. The van der Waals surface area contributed by atoms with E-state index in [1.165, 1.54) is 11.1 Å². The van der Waals surface area contributed by atoms with Gasteiger partial charge in [0, 0.05) is 12.8 Å². The lowest BCUT2D eigenvalue weighted by molar-refractivity contribution is 0.0437. The number of rotatable bonds is 4. The van der Waals surface area contributed by atoms with Gasteiger partial charge in [0.25, 0.3) is 0 Å². The first-order chi connectivity index (χ1) is 13.3. The van der Waals surface area contributed by atoms with Gasteiger partial charge in [-0.05, 0) is 25.0 Å². The van der Waals surface area contributed by atoms with E-state index in [9.17, 15) is 8.78 Å². The van der Waals surface area contributed by atoms with Crippen LogP contribution in [0.4, 0.5) is 8.78 Å². The minimum absolute atomic E-state index is 0.553. The summed E-state index contributed by atoms with van der Waals surface area (Å²) in [5.41, 5.74) is 1.80. The second-order valence-corrected chi connectivity index (χ2v) is 6.02. The molecule has 0 aliphatic carbocycles. The predicted molar refractivity (Wildman–Crippen MR) is 119 cm³/mol. The molecule has 0 saturated carbocycles. The molecule has 0 aliphatic rings. The molecule has 0 amide bonds. The topological polar surface area (TPSA) is 0 Å². The summed E-state index contributed by atoms with van der Waals surface area (Å²) in [4.78, 5) is 0. The summed E-state index contributed by atoms with van der Waals surface area (Å²) in [6, 6.07) is 20.3. The molecule has 2 aromatic carbocycles. The second-order valence-electron chi connectivity index (χ2n) is 6.02. The maximum absolute atomic E-state index is 11.0. The average Bonchev–Trinajstić information content (AvgIpc) is 2.71. The molecule has 0 heterocycles. The van der Waals surface area contributed by atoms with E-state index in [0.717, 1.165) is 13.8 Å². The molecule has 2 rings (SSSR count). The van der Waals surface area contributed by atoms with E-state index >= 15 is 0 Å². The van der Waals surface area contributed by atoms with Crippen LogP contribution in [0.2, 0.25) is 0 Å². The largest absolute Gasteiger partial charge is 0.242 e. The van der Waals surface area contributed by atoms with E-state index in [4.69, 9.17) is 12.8 Å². The molecule has 2 heteroatoms. The zero-order valence-electron chi connectivity index (χ0n) is 18.1. The number of benzene rings is 2. The fourth-order valence-corrected chi connectivity index (χ4v) is 2.20. The monoisotopic (exact) mass is 384 g/mol. The summed E-state index contributed by atoms with van der Waals surface area (Å²) < 4.78 is 22.0. The summed E-state index contributed by atoms with van der Waals surface area (Å²) in [7, 11) is 0. The SMILES string of the molecule is C#CC(C#C)(Cc1ccccc1)Cc1ccccc1.CC.CC.CC(C)(F)F. The molecule has 0 N–H and O–H groups in total. The molecule has 0 unspecified atom stereocenters. The molecule has 0 spiro atoms. The Hall–Kier alpha value is -2.58. The van der Waals surface area contributed by atoms with Gasteiger partial charge in [0.05, 0.1) is 5.41 Å². The molecule has 28 heavy (non-hydrogen) atoms. The molecule has 0 aromatic heterocycles. The van der Waals surface area contributed by atoms with Crippen LogP contribution >= 0.6 is 0 Å². The zero-order chi connectivity index (χ0) is 22.1. The Labute approximate surface area is 171 Å². The Morgan fingerprint density at radius 2 is 0.929 bits per heavy atom. The normalized spacial score (nSPS) is 9.64. The molecule has 2 aromatic rings. The van der Waals surface area contributed by atoms with Gasteiger partial charge in [-0.2, -0.15) is 0 Å². The number of alkyl halides is 2. The number of hydrogen-bond acceptors (Lipinski definition) is 0. The predicted octanol–water partition coefficient (Wildman–Crippen LogP) is 7.44. The zero-order valence-corrected chi connectivity index (χ0v) is 18.1. The van der Waals surface area contributed by atoms with E-state index in [-0.39, 0.29) is 0 Å². The number of halogens is 2. The molecule has 0 fully saturated rings. The summed E-state index contributed by atoms with van der Waals surface area (Å²) in [5, 5.41) is 0. The van der Waals surface area contributed by atoms with Crippen molar-refractivity contribution in [1.82, 2.24) is 0 Å². The summed E-state index contributed by atoms with van der Waals surface area (Å²) in [6.07, 6.45) is 12.9. The minimum atomic E-state index is -2.50. The van der Waals surface area contributed by atoms with Gasteiger partial charge < -0.3 is 0 Å². The highest BCUT2D eigenvalue weighted by Gasteiger charge is 2.25. The van der Waals surface area contributed by atoms with Crippen molar-refractivity contribution in [2.75, 3.05) is 0 Å². The molecule has 0 atom stereocenters. The van der Waals surface area contributed by atoms with Crippen LogP contribution in [0.25, 0.3) is 0 Å². The van der Waals surface area contributed by atoms with Gasteiger partial charge in [0.2, 0.25) is 5.92 Å². The van der Waals surface area contributed by atoms with Crippen molar-refractivity contribution in [3.8, 4) is 24.7 Å². The van der Waals surface area contributed by atoms with Gasteiger partial charge in [0.1, 0.15) is 0 Å². The lowest BCUT2D eigenvalue weighted by Gasteiger charge is -2.22. The van der Waals surface area contributed by atoms with Crippen LogP contribution in [0.1, 0.15) is 52.7 Å². The van der Waals surface area contributed by atoms with Crippen LogP contribution in [-0.2, 0) is 12.8 Å². The highest BCUT2D eigenvalue weighted by Crippen LogP contribution is 2.26. The molecular weight excluding hydrogens is 350 g/mol. The third-order valence-corrected chi connectivity index (χ3v) is 3.25. The molecule has 0 bridgehead atoms. The third-order valence-electron chi connectivity index (χ3n) is 3.25. The Bertz CT molecular complexity index is 620. The highest BCUT2D eigenvalue weighted by molar-refractivity contribution is 5.32. The van der Waals surface area contributed by atoms with Crippen molar-refractivity contribution in [3.63, 3.8) is 0 Å².